The van der Waals surface area contributed by atoms with Crippen LogP contribution in [0.1, 0.15) is 51.2 Å². The van der Waals surface area contributed by atoms with E-state index in [4.69, 9.17) is 18.1 Å². The van der Waals surface area contributed by atoms with E-state index in [2.05, 4.69) is 22.1 Å². The van der Waals surface area contributed by atoms with Crippen molar-refractivity contribution in [1.82, 2.24) is 9.97 Å². The van der Waals surface area contributed by atoms with Crippen LogP contribution in [0.4, 0.5) is 4.39 Å². The number of rotatable bonds is 3. The van der Waals surface area contributed by atoms with Crippen molar-refractivity contribution in [2.24, 2.45) is 5.41 Å². The van der Waals surface area contributed by atoms with E-state index in [1.807, 2.05) is 30.3 Å². The first-order chi connectivity index (χ1) is 26.6. The number of pyridine rings is 2. The third kappa shape index (κ3) is 6.80. The second kappa shape index (κ2) is 13.4. The van der Waals surface area contributed by atoms with Crippen LogP contribution >= 0.6 is 0 Å². The SMILES string of the molecule is [2H]C([2H])([2H])c1cnc2c(ccc3cc(F)c[c-]c32)c1.[2H]c1cc(C([2H])([2H])C(C)(C)C)cc([2H])c1-c1cc(-c2[c-]ccc3c2oc2ccccc23)ncc1C([2H])([2H])[2H].[Ir]. The molecule has 5 heteroatoms. The Kier molecular flexibility index (Phi) is 6.38. The van der Waals surface area contributed by atoms with E-state index < -0.39 is 25.5 Å². The molecule has 3 nitrogen and oxygen atoms in total. The molecule has 5 aromatic carbocycles. The normalized spacial score (nSPS) is 15.3. The number of hydrogen-bond acceptors (Lipinski definition) is 3. The van der Waals surface area contributed by atoms with Crippen molar-refractivity contribution in [1.29, 1.82) is 0 Å². The summed E-state index contributed by atoms with van der Waals surface area (Å²) in [7, 11) is 0. The molecule has 3 aromatic heterocycles. The van der Waals surface area contributed by atoms with E-state index in [1.165, 1.54) is 36.7 Å². The standard InChI is InChI=1S/C29H26NO.C14H9FN.Ir/c1-19-18-30-26(16-25(19)21-14-12-20(13-15-21)17-29(2,3)4)24-10-7-9-23-22-8-5-6-11-27(22)31-28(23)24;1-9-6-11-3-2-10-7-12(15)4-5-13(10)14(11)16-8-9;/h5-9,11-16,18H,17H2,1-4H3;2-4,6-8H,1H3;/q2*-1;/i1D3,14D,15D,17D2;1D3;. The molecule has 0 unspecified atom stereocenters. The molecule has 0 aliphatic carbocycles. The largest absolute Gasteiger partial charge is 0.501 e. The Hall–Kier alpha value is -4.70. The van der Waals surface area contributed by atoms with Gasteiger partial charge in [0.2, 0.25) is 0 Å². The summed E-state index contributed by atoms with van der Waals surface area (Å²) in [6.07, 6.45) is 0.791. The molecule has 0 aliphatic heterocycles. The van der Waals surface area contributed by atoms with Gasteiger partial charge in [-0.2, -0.15) is 0 Å². The molecule has 8 rings (SSSR count). The van der Waals surface area contributed by atoms with Gasteiger partial charge in [0.15, 0.2) is 0 Å². The number of hydrogen-bond donors (Lipinski definition) is 0. The maximum Gasteiger partial charge on any atom is 0.120 e. The zero-order valence-corrected chi connectivity index (χ0v) is 28.6. The van der Waals surface area contributed by atoms with Crippen LogP contribution < -0.4 is 0 Å². The average molecular weight is 817 g/mol. The number of aryl methyl sites for hydroxylation is 2. The Balaban J connectivity index is 0.000000237. The zero-order chi connectivity index (χ0) is 41.2. The fraction of sp³-hybridized carbons (Fsp3) is 0.163. The van der Waals surface area contributed by atoms with Gasteiger partial charge in [-0.05, 0) is 76.0 Å². The number of para-hydroxylation sites is 1. The minimum absolute atomic E-state index is 0. The molecule has 3 heterocycles. The summed E-state index contributed by atoms with van der Waals surface area (Å²) in [5.74, 6) is -0.356. The summed E-state index contributed by atoms with van der Waals surface area (Å²) < 4.78 is 100. The van der Waals surface area contributed by atoms with Crippen LogP contribution in [0.3, 0.4) is 0 Å². The Labute approximate surface area is 308 Å². The van der Waals surface area contributed by atoms with Gasteiger partial charge in [0.05, 0.1) is 8.32 Å². The van der Waals surface area contributed by atoms with E-state index in [0.29, 0.717) is 44.1 Å². The first-order valence-corrected chi connectivity index (χ1v) is 15.0. The van der Waals surface area contributed by atoms with Gasteiger partial charge in [-0.1, -0.05) is 98.4 Å². The second-order valence-corrected chi connectivity index (χ2v) is 12.2. The predicted octanol–water partition coefficient (Wildman–Crippen LogP) is 11.6. The fourth-order valence-electron chi connectivity index (χ4n) is 5.54. The van der Waals surface area contributed by atoms with Gasteiger partial charge in [0.25, 0.3) is 0 Å². The van der Waals surface area contributed by atoms with Crippen molar-refractivity contribution in [2.75, 3.05) is 0 Å². The maximum atomic E-state index is 13.1. The van der Waals surface area contributed by atoms with E-state index in [-0.39, 0.29) is 65.8 Å². The summed E-state index contributed by atoms with van der Waals surface area (Å²) in [4.78, 5) is 8.63. The number of nitrogens with zero attached hydrogens (tertiary/aromatic N) is 2. The Morgan fingerprint density at radius 2 is 1.71 bits per heavy atom. The first kappa shape index (κ1) is 22.8. The molecule has 0 spiro atoms. The van der Waals surface area contributed by atoms with Crippen molar-refractivity contribution >= 4 is 43.6 Å². The van der Waals surface area contributed by atoms with Crippen molar-refractivity contribution in [3.63, 3.8) is 0 Å². The molecule has 48 heavy (non-hydrogen) atoms. The van der Waals surface area contributed by atoms with Crippen LogP contribution in [0.25, 0.3) is 66.0 Å². The molecule has 0 amide bonds. The third-order valence-corrected chi connectivity index (χ3v) is 7.56. The van der Waals surface area contributed by atoms with Gasteiger partial charge in [-0.3, -0.25) is 4.39 Å². The molecule has 241 valence electrons. The summed E-state index contributed by atoms with van der Waals surface area (Å²) in [6.45, 7) is 0.539. The second-order valence-electron chi connectivity index (χ2n) is 12.2. The average Bonchev–Trinajstić information content (AvgIpc) is 3.52. The molecule has 0 aliphatic rings. The topological polar surface area (TPSA) is 38.9 Å². The molecule has 0 N–H and O–H groups in total. The number of furan rings is 1. The minimum Gasteiger partial charge on any atom is -0.501 e. The Bertz CT molecular complexity index is 2820. The fourth-order valence-corrected chi connectivity index (χ4v) is 5.54. The Morgan fingerprint density at radius 3 is 2.50 bits per heavy atom. The third-order valence-electron chi connectivity index (χ3n) is 7.56. The van der Waals surface area contributed by atoms with Crippen LogP contribution in [0.2, 0.25) is 0 Å². The van der Waals surface area contributed by atoms with Crippen molar-refractivity contribution in [3.05, 3.63) is 144 Å². The molecule has 8 aromatic rings. The van der Waals surface area contributed by atoms with Crippen LogP contribution in [0.15, 0.2) is 114 Å². The molecule has 0 saturated heterocycles. The predicted molar refractivity (Wildman–Crippen MR) is 192 cm³/mol. The molecule has 0 fully saturated rings. The Morgan fingerprint density at radius 1 is 0.896 bits per heavy atom. The van der Waals surface area contributed by atoms with Gasteiger partial charge in [-0.25, -0.2) is 0 Å². The molecular formula is C43H35FIrN2O-2. The number of halogens is 1. The number of benzene rings is 5. The van der Waals surface area contributed by atoms with Gasteiger partial charge in [0.1, 0.15) is 5.58 Å². The van der Waals surface area contributed by atoms with Crippen LogP contribution in [-0.2, 0) is 26.5 Å². The van der Waals surface area contributed by atoms with Crippen LogP contribution in [-0.4, -0.2) is 9.97 Å². The summed E-state index contributed by atoms with van der Waals surface area (Å²) >= 11 is 0. The van der Waals surface area contributed by atoms with E-state index in [9.17, 15) is 4.39 Å². The zero-order valence-electron chi connectivity index (χ0n) is 36.3. The molecule has 1 radical (unpaired) electrons. The van der Waals surface area contributed by atoms with Gasteiger partial charge in [0, 0.05) is 54.7 Å². The maximum absolute atomic E-state index is 13.1. The van der Waals surface area contributed by atoms with Gasteiger partial charge in [-0.15, -0.1) is 47.2 Å². The first-order valence-electron chi connectivity index (χ1n) is 20.0. The monoisotopic (exact) mass is 817 g/mol. The van der Waals surface area contributed by atoms with Crippen molar-refractivity contribution in [3.8, 4) is 22.4 Å². The van der Waals surface area contributed by atoms with E-state index in [1.54, 1.807) is 51.1 Å². The summed E-state index contributed by atoms with van der Waals surface area (Å²) in [5.41, 5.74) is 2.63. The van der Waals surface area contributed by atoms with Crippen LogP contribution in [0.5, 0.6) is 0 Å². The summed E-state index contributed by atoms with van der Waals surface area (Å²) in [6, 6.07) is 29.1. The molecule has 0 bridgehead atoms. The quantitative estimate of drug-likeness (QED) is 0.132. The molecule has 0 saturated carbocycles. The number of fused-ring (bicyclic) bond motifs is 6. The smallest absolute Gasteiger partial charge is 0.120 e. The van der Waals surface area contributed by atoms with Gasteiger partial charge >= 0.3 is 0 Å². The van der Waals surface area contributed by atoms with E-state index >= 15 is 0 Å². The molecule has 0 atom stereocenters. The van der Waals surface area contributed by atoms with Crippen molar-refractivity contribution in [2.45, 2.75) is 40.8 Å². The molecular weight excluding hydrogens is 772 g/mol. The summed E-state index contributed by atoms with van der Waals surface area (Å²) in [5, 5.41) is 3.90. The number of aromatic nitrogens is 2. The van der Waals surface area contributed by atoms with Gasteiger partial charge < -0.3 is 14.4 Å². The van der Waals surface area contributed by atoms with E-state index in [0.717, 1.165) is 10.8 Å². The minimum atomic E-state index is -2.55. The van der Waals surface area contributed by atoms with Crippen LogP contribution in [0, 0.1) is 37.1 Å². The van der Waals surface area contributed by atoms with Crippen molar-refractivity contribution < 1.29 is 42.6 Å².